The third-order valence-corrected chi connectivity index (χ3v) is 7.27. The molecule has 1 aromatic rings. The van der Waals surface area contributed by atoms with Crippen molar-refractivity contribution in [1.82, 2.24) is 24.1 Å². The molecule has 1 N–H and O–H groups in total. The van der Waals surface area contributed by atoms with E-state index in [0.717, 1.165) is 37.1 Å². The first kappa shape index (κ1) is 24.4. The predicted octanol–water partition coefficient (Wildman–Crippen LogP) is 3.68. The second-order valence-electron chi connectivity index (χ2n) is 11.4. The standard InChI is InChI=1S/C23H42N6OS/c1-16-14-28(20(30)22(3,4)5)17(2)13-27(16)15-19-25-21(31-26-19)24-12-18-10-9-11-29(18)23(6,7)8/h16-18H,9-15H2,1-8H3,(H,24,25,26)/t16-,17-,18-/m0/s1. The third kappa shape index (κ3) is 5.96. The lowest BCUT2D eigenvalue weighted by Gasteiger charge is -2.45. The van der Waals surface area contributed by atoms with Crippen molar-refractivity contribution in [2.45, 2.75) is 98.4 Å². The van der Waals surface area contributed by atoms with Gasteiger partial charge in [-0.1, -0.05) is 20.8 Å². The lowest BCUT2D eigenvalue weighted by Crippen LogP contribution is -2.59. The van der Waals surface area contributed by atoms with Crippen LogP contribution < -0.4 is 5.32 Å². The number of carbonyl (C=O) groups is 1. The highest BCUT2D eigenvalue weighted by Crippen LogP contribution is 2.27. The number of carbonyl (C=O) groups excluding carboxylic acids is 1. The highest BCUT2D eigenvalue weighted by Gasteiger charge is 2.37. The van der Waals surface area contributed by atoms with Gasteiger partial charge in [0.1, 0.15) is 0 Å². The molecule has 3 heterocycles. The molecule has 0 spiro atoms. The van der Waals surface area contributed by atoms with Gasteiger partial charge in [0.05, 0.1) is 6.54 Å². The van der Waals surface area contributed by atoms with E-state index < -0.39 is 0 Å². The molecule has 2 aliphatic rings. The summed E-state index contributed by atoms with van der Waals surface area (Å²) in [5.74, 6) is 1.11. The molecule has 0 saturated carbocycles. The number of aromatic nitrogens is 2. The van der Waals surface area contributed by atoms with E-state index in [4.69, 9.17) is 4.98 Å². The molecular weight excluding hydrogens is 408 g/mol. The second-order valence-corrected chi connectivity index (χ2v) is 12.1. The first-order valence-corrected chi connectivity index (χ1v) is 12.5. The fourth-order valence-electron chi connectivity index (χ4n) is 4.84. The number of nitrogens with zero attached hydrogens (tertiary/aromatic N) is 5. The minimum atomic E-state index is -0.338. The fraction of sp³-hybridized carbons (Fsp3) is 0.870. The fourth-order valence-corrected chi connectivity index (χ4v) is 5.42. The zero-order valence-corrected chi connectivity index (χ0v) is 21.6. The largest absolute Gasteiger partial charge is 0.359 e. The molecule has 0 unspecified atom stereocenters. The molecule has 176 valence electrons. The SMILES string of the molecule is C[C@H]1CN(C(=O)C(C)(C)C)[C@@H](C)CN1Cc1nsc(NC[C@@H]2CCCN2C(C)(C)C)n1. The van der Waals surface area contributed by atoms with Gasteiger partial charge in [-0.2, -0.15) is 4.37 Å². The molecule has 2 saturated heterocycles. The molecule has 8 heteroatoms. The van der Waals surface area contributed by atoms with Crippen LogP contribution in [0.5, 0.6) is 0 Å². The van der Waals surface area contributed by atoms with Crippen molar-refractivity contribution in [2.24, 2.45) is 5.41 Å². The normalized spacial score (nSPS) is 26.5. The van der Waals surface area contributed by atoms with Crippen LogP contribution in [-0.2, 0) is 11.3 Å². The maximum Gasteiger partial charge on any atom is 0.228 e. The van der Waals surface area contributed by atoms with Crippen molar-refractivity contribution in [2.75, 3.05) is 31.5 Å². The van der Waals surface area contributed by atoms with E-state index >= 15 is 0 Å². The molecule has 2 aliphatic heterocycles. The Balaban J connectivity index is 1.54. The number of nitrogens with one attached hydrogen (secondary N) is 1. The van der Waals surface area contributed by atoms with Gasteiger partial charge < -0.3 is 10.2 Å². The van der Waals surface area contributed by atoms with Gasteiger partial charge in [0.2, 0.25) is 11.0 Å². The molecule has 7 nitrogen and oxygen atoms in total. The van der Waals surface area contributed by atoms with E-state index in [9.17, 15) is 4.79 Å². The minimum absolute atomic E-state index is 0.199. The monoisotopic (exact) mass is 450 g/mol. The van der Waals surface area contributed by atoms with Crippen LogP contribution in [0.4, 0.5) is 5.13 Å². The Morgan fingerprint density at radius 3 is 2.48 bits per heavy atom. The summed E-state index contributed by atoms with van der Waals surface area (Å²) in [6.45, 7) is 21.7. The van der Waals surface area contributed by atoms with Gasteiger partial charge in [-0.15, -0.1) is 0 Å². The minimum Gasteiger partial charge on any atom is -0.359 e. The smallest absolute Gasteiger partial charge is 0.228 e. The van der Waals surface area contributed by atoms with Gasteiger partial charge in [-0.05, 0) is 54.0 Å². The third-order valence-electron chi connectivity index (χ3n) is 6.56. The molecule has 31 heavy (non-hydrogen) atoms. The quantitative estimate of drug-likeness (QED) is 0.738. The number of hydrogen-bond acceptors (Lipinski definition) is 7. The van der Waals surface area contributed by atoms with Crippen LogP contribution in [0.15, 0.2) is 0 Å². The van der Waals surface area contributed by atoms with Crippen LogP contribution in [0.1, 0.15) is 74.1 Å². The van der Waals surface area contributed by atoms with Crippen LogP contribution in [0.3, 0.4) is 0 Å². The number of amides is 1. The number of rotatable bonds is 5. The highest BCUT2D eigenvalue weighted by atomic mass is 32.1. The van der Waals surface area contributed by atoms with E-state index in [0.29, 0.717) is 12.1 Å². The number of anilines is 1. The zero-order valence-electron chi connectivity index (χ0n) is 20.7. The average Bonchev–Trinajstić information content (AvgIpc) is 3.30. The Kier molecular flexibility index (Phi) is 7.33. The van der Waals surface area contributed by atoms with E-state index in [1.807, 2.05) is 25.7 Å². The Hall–Kier alpha value is -1.25. The Morgan fingerprint density at radius 2 is 1.84 bits per heavy atom. The van der Waals surface area contributed by atoms with Gasteiger partial charge in [0.25, 0.3) is 0 Å². The van der Waals surface area contributed by atoms with Crippen LogP contribution in [0.25, 0.3) is 0 Å². The van der Waals surface area contributed by atoms with Crippen molar-refractivity contribution in [3.05, 3.63) is 5.82 Å². The van der Waals surface area contributed by atoms with Crippen LogP contribution in [0.2, 0.25) is 0 Å². The Bertz CT molecular complexity index is 752. The first-order valence-electron chi connectivity index (χ1n) is 11.7. The summed E-state index contributed by atoms with van der Waals surface area (Å²) in [5.41, 5.74) is -0.131. The van der Waals surface area contributed by atoms with Gasteiger partial charge in [-0.25, -0.2) is 4.98 Å². The van der Waals surface area contributed by atoms with Gasteiger partial charge in [0, 0.05) is 60.2 Å². The second kappa shape index (κ2) is 9.32. The lowest BCUT2D eigenvalue weighted by molar-refractivity contribution is -0.145. The lowest BCUT2D eigenvalue weighted by atomic mass is 9.92. The van der Waals surface area contributed by atoms with E-state index in [1.54, 1.807) is 0 Å². The Labute approximate surface area is 192 Å². The van der Waals surface area contributed by atoms with Crippen LogP contribution in [-0.4, -0.2) is 79.8 Å². The zero-order chi connectivity index (χ0) is 23.0. The molecule has 2 fully saturated rings. The molecule has 3 atom stereocenters. The summed E-state index contributed by atoms with van der Waals surface area (Å²) in [5, 5.41) is 4.45. The summed E-state index contributed by atoms with van der Waals surface area (Å²) in [6.07, 6.45) is 2.51. The molecule has 0 bridgehead atoms. The van der Waals surface area contributed by atoms with Gasteiger partial charge >= 0.3 is 0 Å². The van der Waals surface area contributed by atoms with Crippen molar-refractivity contribution in [3.8, 4) is 0 Å². The summed E-state index contributed by atoms with van der Waals surface area (Å²) in [7, 11) is 0. The highest BCUT2D eigenvalue weighted by molar-refractivity contribution is 7.09. The van der Waals surface area contributed by atoms with E-state index in [2.05, 4.69) is 54.1 Å². The number of hydrogen-bond donors (Lipinski definition) is 1. The van der Waals surface area contributed by atoms with Crippen molar-refractivity contribution in [1.29, 1.82) is 0 Å². The molecule has 1 amide bonds. The molecule has 0 aromatic carbocycles. The predicted molar refractivity (Wildman–Crippen MR) is 128 cm³/mol. The summed E-state index contributed by atoms with van der Waals surface area (Å²) < 4.78 is 4.61. The molecule has 0 radical (unpaired) electrons. The van der Waals surface area contributed by atoms with E-state index in [-0.39, 0.29) is 22.9 Å². The van der Waals surface area contributed by atoms with Crippen molar-refractivity contribution in [3.63, 3.8) is 0 Å². The molecule has 3 rings (SSSR count). The van der Waals surface area contributed by atoms with Crippen LogP contribution in [0, 0.1) is 5.41 Å². The van der Waals surface area contributed by atoms with Crippen molar-refractivity contribution < 1.29 is 4.79 Å². The molecule has 0 aliphatic carbocycles. The maximum atomic E-state index is 12.8. The van der Waals surface area contributed by atoms with Crippen LogP contribution >= 0.6 is 11.5 Å². The van der Waals surface area contributed by atoms with E-state index in [1.165, 1.54) is 30.9 Å². The molecule has 1 aromatic heterocycles. The number of piperazine rings is 1. The average molecular weight is 451 g/mol. The summed E-state index contributed by atoms with van der Waals surface area (Å²) in [6, 6.07) is 1.05. The topological polar surface area (TPSA) is 64.6 Å². The summed E-state index contributed by atoms with van der Waals surface area (Å²) in [4.78, 5) is 24.6. The summed E-state index contributed by atoms with van der Waals surface area (Å²) >= 11 is 1.46. The van der Waals surface area contributed by atoms with Gasteiger partial charge in [0.15, 0.2) is 5.82 Å². The first-order chi connectivity index (χ1) is 14.4. The van der Waals surface area contributed by atoms with Crippen molar-refractivity contribution >= 4 is 22.6 Å². The molecular formula is C23H42N6OS. The Morgan fingerprint density at radius 1 is 1.13 bits per heavy atom. The van der Waals surface area contributed by atoms with Gasteiger partial charge in [-0.3, -0.25) is 14.6 Å². The number of likely N-dealkylation sites (tertiary alicyclic amines) is 1. The maximum absolute atomic E-state index is 12.8.